The molecule has 2 heterocycles. The third-order valence-corrected chi connectivity index (χ3v) is 5.95. The number of para-hydroxylation sites is 1. The minimum Gasteiger partial charge on any atom is -0.502 e. The summed E-state index contributed by atoms with van der Waals surface area (Å²) in [5.41, 5.74) is 3.12. The van der Waals surface area contributed by atoms with Crippen LogP contribution in [0.1, 0.15) is 17.4 Å². The number of benzene rings is 3. The molecule has 0 aliphatic carbocycles. The maximum absolute atomic E-state index is 11.3. The highest BCUT2D eigenvalue weighted by molar-refractivity contribution is 7.98. The average Bonchev–Trinajstić information content (AvgIpc) is 3.00. The number of nitrogens with one attached hydrogen (secondary N) is 1. The van der Waals surface area contributed by atoms with Crippen molar-refractivity contribution >= 4 is 23.1 Å². The van der Waals surface area contributed by atoms with E-state index in [2.05, 4.69) is 20.5 Å². The van der Waals surface area contributed by atoms with Gasteiger partial charge in [-0.15, -0.1) is 10.2 Å². The number of fused-ring (bicyclic) bond motifs is 3. The largest absolute Gasteiger partial charge is 0.502 e. The highest BCUT2D eigenvalue weighted by atomic mass is 32.2. The zero-order valence-electron chi connectivity index (χ0n) is 17.1. The number of aromatic hydroxyl groups is 1. The van der Waals surface area contributed by atoms with E-state index in [1.807, 2.05) is 54.6 Å². The van der Waals surface area contributed by atoms with E-state index >= 15 is 0 Å². The molecule has 164 valence electrons. The summed E-state index contributed by atoms with van der Waals surface area (Å²) in [4.78, 5) is 15.2. The van der Waals surface area contributed by atoms with Gasteiger partial charge in [-0.2, -0.15) is 4.98 Å². The second kappa shape index (κ2) is 8.75. The first-order valence-electron chi connectivity index (χ1n) is 10.00. The number of aromatic nitrogens is 3. The Morgan fingerprint density at radius 3 is 2.67 bits per heavy atom. The standard InChI is InChI=1S/C23H17N5O4S/c29-19-11-10-15(12-18(19)28(30)31)21-24-17-9-5-4-8-16(17)20-22(32-21)25-23(27-26-20)33-13-14-6-2-1-3-7-14/h1-12,21,24,29H,13H2/t21-/m0/s1. The van der Waals surface area contributed by atoms with Gasteiger partial charge in [0.15, 0.2) is 17.7 Å². The molecule has 0 saturated heterocycles. The lowest BCUT2D eigenvalue weighted by atomic mass is 10.1. The van der Waals surface area contributed by atoms with Gasteiger partial charge in [-0.1, -0.05) is 60.3 Å². The molecule has 9 nitrogen and oxygen atoms in total. The molecule has 2 N–H and O–H groups in total. The highest BCUT2D eigenvalue weighted by Crippen LogP contribution is 2.40. The van der Waals surface area contributed by atoms with Crippen LogP contribution >= 0.6 is 11.8 Å². The van der Waals surface area contributed by atoms with Crippen molar-refractivity contribution in [2.24, 2.45) is 0 Å². The molecule has 0 fully saturated rings. The molecule has 10 heteroatoms. The van der Waals surface area contributed by atoms with Crippen molar-refractivity contribution in [3.05, 3.63) is 94.0 Å². The SMILES string of the molecule is O=[N+]([O-])c1cc([C@H]2Nc3ccccc3-c3nnc(SCc4ccccc4)nc3O2)ccc1O. The van der Waals surface area contributed by atoms with E-state index < -0.39 is 22.6 Å². The van der Waals surface area contributed by atoms with E-state index in [4.69, 9.17) is 4.74 Å². The van der Waals surface area contributed by atoms with E-state index in [0.717, 1.165) is 16.8 Å². The van der Waals surface area contributed by atoms with Crippen molar-refractivity contribution < 1.29 is 14.8 Å². The number of thioether (sulfide) groups is 1. The Balaban J connectivity index is 1.52. The summed E-state index contributed by atoms with van der Waals surface area (Å²) in [6.45, 7) is 0. The van der Waals surface area contributed by atoms with Crippen molar-refractivity contribution in [3.63, 3.8) is 0 Å². The number of nitro benzene ring substituents is 1. The molecule has 4 aromatic rings. The molecule has 0 amide bonds. The molecule has 0 bridgehead atoms. The lowest BCUT2D eigenvalue weighted by molar-refractivity contribution is -0.386. The minimum absolute atomic E-state index is 0.263. The molecular formula is C23H17N5O4S. The predicted molar refractivity (Wildman–Crippen MR) is 123 cm³/mol. The Morgan fingerprint density at radius 2 is 1.85 bits per heavy atom. The van der Waals surface area contributed by atoms with Gasteiger partial charge in [0, 0.05) is 28.6 Å². The second-order valence-electron chi connectivity index (χ2n) is 7.22. The molecule has 1 aliphatic heterocycles. The van der Waals surface area contributed by atoms with Crippen molar-refractivity contribution in [1.29, 1.82) is 0 Å². The Labute approximate surface area is 192 Å². The molecule has 1 aliphatic rings. The van der Waals surface area contributed by atoms with E-state index in [1.165, 1.54) is 23.9 Å². The minimum atomic E-state index is -0.796. The summed E-state index contributed by atoms with van der Waals surface area (Å²) in [6.07, 6.45) is -0.796. The second-order valence-corrected chi connectivity index (χ2v) is 8.16. The number of ether oxygens (including phenoxy) is 1. The van der Waals surface area contributed by atoms with E-state index in [-0.39, 0.29) is 5.88 Å². The first kappa shape index (κ1) is 20.7. The number of anilines is 1. The Kier molecular flexibility index (Phi) is 5.49. The molecule has 33 heavy (non-hydrogen) atoms. The van der Waals surface area contributed by atoms with Crippen LogP contribution in [0, 0.1) is 10.1 Å². The maximum Gasteiger partial charge on any atom is 0.311 e. The molecule has 0 radical (unpaired) electrons. The Bertz CT molecular complexity index is 1340. The molecule has 0 unspecified atom stereocenters. The lowest BCUT2D eigenvalue weighted by Gasteiger charge is -2.19. The van der Waals surface area contributed by atoms with Gasteiger partial charge in [0.05, 0.1) is 4.92 Å². The van der Waals surface area contributed by atoms with Crippen molar-refractivity contribution in [1.82, 2.24) is 15.2 Å². The Morgan fingerprint density at radius 1 is 1.06 bits per heavy atom. The topological polar surface area (TPSA) is 123 Å². The quantitative estimate of drug-likeness (QED) is 0.242. The fourth-order valence-corrected chi connectivity index (χ4v) is 4.17. The first-order valence-corrected chi connectivity index (χ1v) is 11.0. The van der Waals surface area contributed by atoms with Crippen molar-refractivity contribution in [2.75, 3.05) is 5.32 Å². The van der Waals surface area contributed by atoms with Gasteiger partial charge in [-0.25, -0.2) is 0 Å². The number of rotatable bonds is 5. The summed E-state index contributed by atoms with van der Waals surface area (Å²) in [7, 11) is 0. The zero-order chi connectivity index (χ0) is 22.8. The molecule has 0 spiro atoms. The normalized spacial score (nSPS) is 14.2. The summed E-state index contributed by atoms with van der Waals surface area (Å²) in [6, 6.07) is 21.5. The predicted octanol–water partition coefficient (Wildman–Crippen LogP) is 4.95. The first-order chi connectivity index (χ1) is 16.1. The van der Waals surface area contributed by atoms with Gasteiger partial charge < -0.3 is 15.2 Å². The molecular weight excluding hydrogens is 442 g/mol. The van der Waals surface area contributed by atoms with E-state index in [9.17, 15) is 15.2 Å². The number of phenolic OH excluding ortho intramolecular Hbond substituents is 1. The fraction of sp³-hybridized carbons (Fsp3) is 0.0870. The fourth-order valence-electron chi connectivity index (χ4n) is 3.43. The van der Waals surface area contributed by atoms with Gasteiger partial charge in [-0.05, 0) is 23.8 Å². The zero-order valence-corrected chi connectivity index (χ0v) is 17.9. The third-order valence-electron chi connectivity index (χ3n) is 5.04. The number of nitro groups is 1. The molecule has 1 atom stereocenters. The van der Waals surface area contributed by atoms with Crippen LogP contribution in [-0.2, 0) is 5.75 Å². The molecule has 1 aromatic heterocycles. The average molecular weight is 459 g/mol. The van der Waals surface area contributed by atoms with Crippen molar-refractivity contribution in [3.8, 4) is 22.9 Å². The summed E-state index contributed by atoms with van der Waals surface area (Å²) in [5.74, 6) is 0.518. The highest BCUT2D eigenvalue weighted by Gasteiger charge is 2.27. The monoisotopic (exact) mass is 459 g/mol. The van der Waals surface area contributed by atoms with Crippen LogP contribution in [-0.4, -0.2) is 25.2 Å². The number of hydrogen-bond donors (Lipinski definition) is 2. The van der Waals surface area contributed by atoms with Gasteiger partial charge in [-0.3, -0.25) is 10.1 Å². The van der Waals surface area contributed by atoms with Gasteiger partial charge in [0.25, 0.3) is 0 Å². The van der Waals surface area contributed by atoms with Gasteiger partial charge >= 0.3 is 5.69 Å². The maximum atomic E-state index is 11.3. The molecule has 0 saturated carbocycles. The van der Waals surface area contributed by atoms with Crippen LogP contribution in [0.4, 0.5) is 11.4 Å². The van der Waals surface area contributed by atoms with Crippen LogP contribution in [0.5, 0.6) is 11.6 Å². The third kappa shape index (κ3) is 4.28. The summed E-state index contributed by atoms with van der Waals surface area (Å²) >= 11 is 1.43. The van der Waals surface area contributed by atoms with Crippen LogP contribution < -0.4 is 10.1 Å². The number of hydrogen-bond acceptors (Lipinski definition) is 9. The van der Waals surface area contributed by atoms with Crippen LogP contribution in [0.25, 0.3) is 11.3 Å². The van der Waals surface area contributed by atoms with Crippen LogP contribution in [0.15, 0.2) is 78.0 Å². The van der Waals surface area contributed by atoms with Crippen molar-refractivity contribution in [2.45, 2.75) is 17.1 Å². The number of nitrogens with zero attached hydrogens (tertiary/aromatic N) is 4. The number of phenols is 1. The van der Waals surface area contributed by atoms with E-state index in [1.54, 1.807) is 6.07 Å². The van der Waals surface area contributed by atoms with Crippen LogP contribution in [0.2, 0.25) is 0 Å². The molecule has 3 aromatic carbocycles. The van der Waals surface area contributed by atoms with Gasteiger partial charge in [0.1, 0.15) is 0 Å². The van der Waals surface area contributed by atoms with Crippen LogP contribution in [0.3, 0.4) is 0 Å². The molecule has 5 rings (SSSR count). The van der Waals surface area contributed by atoms with Gasteiger partial charge in [0.2, 0.25) is 11.0 Å². The van der Waals surface area contributed by atoms with E-state index in [0.29, 0.717) is 22.2 Å². The smallest absolute Gasteiger partial charge is 0.311 e. The Hall–Kier alpha value is -4.18. The summed E-state index contributed by atoms with van der Waals surface area (Å²) < 4.78 is 6.15. The lowest BCUT2D eigenvalue weighted by Crippen LogP contribution is -2.17. The summed E-state index contributed by atoms with van der Waals surface area (Å²) in [5, 5.41) is 33.5.